The quantitative estimate of drug-likeness (QED) is 0.774. The fourth-order valence-corrected chi connectivity index (χ4v) is 2.07. The molecular formula is C15H12FN3O2. The number of carboxylic acids is 1. The van der Waals surface area contributed by atoms with Crippen LogP contribution in [0.15, 0.2) is 48.8 Å². The Labute approximate surface area is 119 Å². The molecule has 0 aliphatic rings. The molecule has 1 aromatic carbocycles. The van der Waals surface area contributed by atoms with Gasteiger partial charge in [0.25, 0.3) is 0 Å². The number of benzene rings is 1. The van der Waals surface area contributed by atoms with E-state index in [1.165, 1.54) is 18.2 Å². The smallest absolute Gasteiger partial charge is 0.353 e. The average molecular weight is 285 g/mol. The van der Waals surface area contributed by atoms with Gasteiger partial charge in [0.2, 0.25) is 0 Å². The van der Waals surface area contributed by atoms with Gasteiger partial charge in [-0.15, -0.1) is 0 Å². The minimum Gasteiger partial charge on any atom is -0.477 e. The Morgan fingerprint density at radius 1 is 1.29 bits per heavy atom. The standard InChI is InChI=1S/C15H12FN3O2/c16-12-3-1-10(2-4-12)8-19-6-5-11(9-19)13-7-14(15(20)21)18-17-13/h1-7,9H,8H2,(H,17,18)(H,20,21). The van der Waals surface area contributed by atoms with Crippen molar-refractivity contribution in [3.8, 4) is 11.3 Å². The Balaban J connectivity index is 1.79. The lowest BCUT2D eigenvalue weighted by atomic mass is 10.2. The maximum absolute atomic E-state index is 12.9. The normalized spacial score (nSPS) is 10.7. The molecule has 106 valence electrons. The molecule has 2 aromatic heterocycles. The Hall–Kier alpha value is -2.89. The van der Waals surface area contributed by atoms with Crippen LogP contribution in [-0.2, 0) is 6.54 Å². The summed E-state index contributed by atoms with van der Waals surface area (Å²) in [6.45, 7) is 0.608. The molecule has 3 rings (SSSR count). The van der Waals surface area contributed by atoms with Crippen LogP contribution < -0.4 is 0 Å². The lowest BCUT2D eigenvalue weighted by molar-refractivity contribution is 0.0690. The molecule has 2 heterocycles. The fraction of sp³-hybridized carbons (Fsp3) is 0.0667. The monoisotopic (exact) mass is 285 g/mol. The number of aromatic nitrogens is 3. The molecule has 0 saturated carbocycles. The van der Waals surface area contributed by atoms with Crippen molar-refractivity contribution in [1.29, 1.82) is 0 Å². The number of carbonyl (C=O) groups is 1. The summed E-state index contributed by atoms with van der Waals surface area (Å²) in [5.41, 5.74) is 2.43. The van der Waals surface area contributed by atoms with Gasteiger partial charge in [-0.1, -0.05) is 12.1 Å². The number of aromatic carboxylic acids is 1. The van der Waals surface area contributed by atoms with E-state index in [9.17, 15) is 9.18 Å². The van der Waals surface area contributed by atoms with E-state index in [0.717, 1.165) is 11.1 Å². The molecule has 0 unspecified atom stereocenters. The molecular weight excluding hydrogens is 273 g/mol. The van der Waals surface area contributed by atoms with Crippen LogP contribution in [0.5, 0.6) is 0 Å². The summed E-state index contributed by atoms with van der Waals surface area (Å²) in [7, 11) is 0. The average Bonchev–Trinajstić information content (AvgIpc) is 3.10. The largest absolute Gasteiger partial charge is 0.477 e. The van der Waals surface area contributed by atoms with Gasteiger partial charge in [-0.05, 0) is 29.8 Å². The first-order valence-electron chi connectivity index (χ1n) is 6.31. The second-order valence-electron chi connectivity index (χ2n) is 4.67. The van der Waals surface area contributed by atoms with Crippen molar-refractivity contribution in [2.75, 3.05) is 0 Å². The van der Waals surface area contributed by atoms with E-state index >= 15 is 0 Å². The third kappa shape index (κ3) is 2.84. The first-order chi connectivity index (χ1) is 10.1. The lowest BCUT2D eigenvalue weighted by Gasteiger charge is -2.02. The van der Waals surface area contributed by atoms with Crippen LogP contribution in [0.4, 0.5) is 4.39 Å². The van der Waals surface area contributed by atoms with E-state index < -0.39 is 5.97 Å². The number of nitrogens with one attached hydrogen (secondary N) is 1. The molecule has 3 aromatic rings. The number of hydrogen-bond donors (Lipinski definition) is 2. The maximum atomic E-state index is 12.9. The molecule has 21 heavy (non-hydrogen) atoms. The van der Waals surface area contributed by atoms with Gasteiger partial charge in [-0.3, -0.25) is 5.10 Å². The summed E-state index contributed by atoms with van der Waals surface area (Å²) in [6, 6.07) is 9.64. The van der Waals surface area contributed by atoms with Crippen molar-refractivity contribution in [3.05, 3.63) is 65.9 Å². The van der Waals surface area contributed by atoms with Gasteiger partial charge in [0.15, 0.2) is 0 Å². The van der Waals surface area contributed by atoms with Crippen LogP contribution >= 0.6 is 0 Å². The molecule has 6 heteroatoms. The lowest BCUT2D eigenvalue weighted by Crippen LogP contribution is -1.95. The Morgan fingerprint density at radius 3 is 2.71 bits per heavy atom. The summed E-state index contributed by atoms with van der Waals surface area (Å²) < 4.78 is 14.8. The zero-order valence-corrected chi connectivity index (χ0v) is 11.0. The van der Waals surface area contributed by atoms with Gasteiger partial charge in [0.05, 0.1) is 5.69 Å². The topological polar surface area (TPSA) is 70.9 Å². The molecule has 2 N–H and O–H groups in total. The summed E-state index contributed by atoms with van der Waals surface area (Å²) >= 11 is 0. The molecule has 0 spiro atoms. The van der Waals surface area contributed by atoms with E-state index in [4.69, 9.17) is 5.11 Å². The number of nitrogens with zero attached hydrogens (tertiary/aromatic N) is 2. The molecule has 0 aliphatic carbocycles. The summed E-state index contributed by atoms with van der Waals surface area (Å²) in [5.74, 6) is -1.30. The van der Waals surface area contributed by atoms with E-state index in [1.54, 1.807) is 12.1 Å². The Bertz CT molecular complexity index is 774. The molecule has 5 nitrogen and oxygen atoms in total. The Kier molecular flexibility index (Phi) is 3.27. The third-order valence-electron chi connectivity index (χ3n) is 3.13. The van der Waals surface area contributed by atoms with Crippen molar-refractivity contribution >= 4 is 5.97 Å². The minimum atomic E-state index is -1.04. The number of hydrogen-bond acceptors (Lipinski definition) is 2. The second-order valence-corrected chi connectivity index (χ2v) is 4.67. The van der Waals surface area contributed by atoms with E-state index in [0.29, 0.717) is 12.2 Å². The number of aromatic amines is 1. The molecule has 0 aliphatic heterocycles. The fourth-order valence-electron chi connectivity index (χ4n) is 2.07. The predicted molar refractivity (Wildman–Crippen MR) is 74.5 cm³/mol. The highest BCUT2D eigenvalue weighted by atomic mass is 19.1. The third-order valence-corrected chi connectivity index (χ3v) is 3.13. The Morgan fingerprint density at radius 2 is 2.05 bits per heavy atom. The van der Waals surface area contributed by atoms with Crippen molar-refractivity contribution in [1.82, 2.24) is 14.8 Å². The first kappa shape index (κ1) is 13.1. The molecule has 0 saturated heterocycles. The van der Waals surface area contributed by atoms with Gasteiger partial charge >= 0.3 is 5.97 Å². The molecule has 0 amide bonds. The summed E-state index contributed by atoms with van der Waals surface area (Å²) in [5, 5.41) is 15.3. The summed E-state index contributed by atoms with van der Waals surface area (Å²) in [4.78, 5) is 10.8. The predicted octanol–water partition coefficient (Wildman–Crippen LogP) is 2.76. The molecule has 0 bridgehead atoms. The van der Waals surface area contributed by atoms with Crippen molar-refractivity contribution in [2.45, 2.75) is 6.54 Å². The number of rotatable bonds is 4. The van der Waals surface area contributed by atoms with Crippen LogP contribution in [0, 0.1) is 5.82 Å². The zero-order chi connectivity index (χ0) is 14.8. The van der Waals surface area contributed by atoms with Crippen LogP contribution in [0.25, 0.3) is 11.3 Å². The van der Waals surface area contributed by atoms with E-state index in [2.05, 4.69) is 10.2 Å². The maximum Gasteiger partial charge on any atom is 0.353 e. The van der Waals surface area contributed by atoms with Crippen molar-refractivity contribution in [2.24, 2.45) is 0 Å². The van der Waals surface area contributed by atoms with Crippen molar-refractivity contribution in [3.63, 3.8) is 0 Å². The van der Waals surface area contributed by atoms with Crippen LogP contribution in [0.2, 0.25) is 0 Å². The molecule has 0 radical (unpaired) electrons. The van der Waals surface area contributed by atoms with E-state index in [1.807, 2.05) is 23.0 Å². The van der Waals surface area contributed by atoms with Gasteiger partial charge in [0.1, 0.15) is 11.5 Å². The number of carboxylic acid groups (broad SMARTS) is 1. The van der Waals surface area contributed by atoms with Gasteiger partial charge < -0.3 is 9.67 Å². The van der Waals surface area contributed by atoms with Crippen LogP contribution in [0.3, 0.4) is 0 Å². The second kappa shape index (κ2) is 5.24. The van der Waals surface area contributed by atoms with Crippen LogP contribution in [-0.4, -0.2) is 25.8 Å². The van der Waals surface area contributed by atoms with Gasteiger partial charge in [-0.25, -0.2) is 9.18 Å². The van der Waals surface area contributed by atoms with Gasteiger partial charge in [-0.2, -0.15) is 5.10 Å². The molecule has 0 fully saturated rings. The van der Waals surface area contributed by atoms with E-state index in [-0.39, 0.29) is 11.5 Å². The first-order valence-corrected chi connectivity index (χ1v) is 6.31. The van der Waals surface area contributed by atoms with Crippen LogP contribution in [0.1, 0.15) is 16.1 Å². The van der Waals surface area contributed by atoms with Crippen molar-refractivity contribution < 1.29 is 14.3 Å². The summed E-state index contributed by atoms with van der Waals surface area (Å²) in [6.07, 6.45) is 3.74. The van der Waals surface area contributed by atoms with Gasteiger partial charge in [0, 0.05) is 24.5 Å². The zero-order valence-electron chi connectivity index (χ0n) is 11.0. The minimum absolute atomic E-state index is 0.0521. The molecule has 0 atom stereocenters. The SMILES string of the molecule is O=C(O)c1cc(-c2ccn(Cc3ccc(F)cc3)c2)n[nH]1. The highest BCUT2D eigenvalue weighted by Gasteiger charge is 2.10. The number of H-pyrrole nitrogens is 1. The number of halogens is 1. The highest BCUT2D eigenvalue weighted by molar-refractivity contribution is 5.86. The highest BCUT2D eigenvalue weighted by Crippen LogP contribution is 2.19.